The van der Waals surface area contributed by atoms with Crippen molar-refractivity contribution < 1.29 is 9.47 Å². The van der Waals surface area contributed by atoms with E-state index in [9.17, 15) is 0 Å². The van der Waals surface area contributed by atoms with Gasteiger partial charge in [-0.05, 0) is 30.2 Å². The zero-order chi connectivity index (χ0) is 14.4. The predicted octanol–water partition coefficient (Wildman–Crippen LogP) is 5.02. The van der Waals surface area contributed by atoms with Crippen LogP contribution in [0.2, 0.25) is 5.02 Å². The Balaban J connectivity index is 2.08. The van der Waals surface area contributed by atoms with Crippen molar-refractivity contribution in [1.82, 2.24) is 0 Å². The summed E-state index contributed by atoms with van der Waals surface area (Å²) in [5, 5.41) is 0.738. The van der Waals surface area contributed by atoms with Crippen molar-refractivity contribution in [1.29, 1.82) is 0 Å². The van der Waals surface area contributed by atoms with Crippen LogP contribution < -0.4 is 4.74 Å². The van der Waals surface area contributed by atoms with Crippen molar-refractivity contribution in [3.8, 4) is 5.75 Å². The summed E-state index contributed by atoms with van der Waals surface area (Å²) in [6.07, 6.45) is 0.939. The molecule has 0 heterocycles. The van der Waals surface area contributed by atoms with Gasteiger partial charge in [-0.3, -0.25) is 0 Å². The Morgan fingerprint density at radius 2 is 1.90 bits per heavy atom. The molecule has 0 bridgehead atoms. The molecule has 2 rings (SSSR count). The Morgan fingerprint density at radius 3 is 2.60 bits per heavy atom. The minimum Gasteiger partial charge on any atom is -0.496 e. The van der Waals surface area contributed by atoms with E-state index in [1.165, 1.54) is 0 Å². The molecule has 0 fully saturated rings. The van der Waals surface area contributed by atoms with Crippen molar-refractivity contribution >= 4 is 11.6 Å². The Bertz CT molecular complexity index is 554. The fraction of sp³-hybridized carbons (Fsp3) is 0.294. The minimum atomic E-state index is 0.0404. The second kappa shape index (κ2) is 7.32. The highest BCUT2D eigenvalue weighted by atomic mass is 35.5. The second-order valence-electron chi connectivity index (χ2n) is 4.57. The van der Waals surface area contributed by atoms with Crippen LogP contribution in [-0.4, -0.2) is 7.11 Å². The first-order valence-corrected chi connectivity index (χ1v) is 7.11. The van der Waals surface area contributed by atoms with Crippen LogP contribution in [0.15, 0.2) is 48.5 Å². The standard InChI is InChI=1S/C17H19ClO2/c1-3-16(13-8-6-9-15(18)11-13)20-12-14-7-4-5-10-17(14)19-2/h4-11,16H,3,12H2,1-2H3. The summed E-state index contributed by atoms with van der Waals surface area (Å²) in [5.74, 6) is 0.855. The molecule has 2 aromatic carbocycles. The monoisotopic (exact) mass is 290 g/mol. The summed E-state index contributed by atoms with van der Waals surface area (Å²) in [5.41, 5.74) is 2.16. The number of hydrogen-bond donors (Lipinski definition) is 0. The molecule has 0 amide bonds. The average Bonchev–Trinajstić information content (AvgIpc) is 2.48. The van der Waals surface area contributed by atoms with Crippen LogP contribution in [0.3, 0.4) is 0 Å². The molecule has 0 saturated heterocycles. The molecule has 2 aromatic rings. The maximum Gasteiger partial charge on any atom is 0.124 e. The first-order valence-electron chi connectivity index (χ1n) is 6.73. The summed E-state index contributed by atoms with van der Waals surface area (Å²) < 4.78 is 11.4. The van der Waals surface area contributed by atoms with Crippen molar-refractivity contribution in [3.05, 3.63) is 64.7 Å². The SMILES string of the molecule is CCC(OCc1ccccc1OC)c1cccc(Cl)c1. The Labute approximate surface area is 125 Å². The summed E-state index contributed by atoms with van der Waals surface area (Å²) in [7, 11) is 1.67. The third-order valence-corrected chi connectivity index (χ3v) is 3.46. The van der Waals surface area contributed by atoms with Crippen LogP contribution >= 0.6 is 11.6 Å². The molecule has 0 spiro atoms. The normalized spacial score (nSPS) is 12.2. The number of methoxy groups -OCH3 is 1. The molecule has 0 aliphatic carbocycles. The lowest BCUT2D eigenvalue weighted by Gasteiger charge is -2.18. The van der Waals surface area contributed by atoms with Gasteiger partial charge >= 0.3 is 0 Å². The maximum atomic E-state index is 6.04. The highest BCUT2D eigenvalue weighted by Gasteiger charge is 2.11. The summed E-state index contributed by atoms with van der Waals surface area (Å²) in [4.78, 5) is 0. The van der Waals surface area contributed by atoms with Crippen LogP contribution in [0, 0.1) is 0 Å². The van der Waals surface area contributed by atoms with E-state index in [0.29, 0.717) is 6.61 Å². The molecule has 0 saturated carbocycles. The van der Waals surface area contributed by atoms with E-state index in [-0.39, 0.29) is 6.10 Å². The minimum absolute atomic E-state index is 0.0404. The Morgan fingerprint density at radius 1 is 1.10 bits per heavy atom. The third-order valence-electron chi connectivity index (χ3n) is 3.22. The van der Waals surface area contributed by atoms with Crippen molar-refractivity contribution in [3.63, 3.8) is 0 Å². The third kappa shape index (κ3) is 3.75. The lowest BCUT2D eigenvalue weighted by molar-refractivity contribution is 0.0361. The number of benzene rings is 2. The van der Waals surface area contributed by atoms with Gasteiger partial charge in [0.15, 0.2) is 0 Å². The first-order chi connectivity index (χ1) is 9.74. The Hall–Kier alpha value is -1.51. The molecule has 2 nitrogen and oxygen atoms in total. The van der Waals surface area contributed by atoms with Gasteiger partial charge in [0.1, 0.15) is 5.75 Å². The molecule has 1 unspecified atom stereocenters. The van der Waals surface area contributed by atoms with E-state index in [4.69, 9.17) is 21.1 Å². The van der Waals surface area contributed by atoms with Crippen LogP contribution in [0.4, 0.5) is 0 Å². The van der Waals surface area contributed by atoms with Gasteiger partial charge < -0.3 is 9.47 Å². The molecule has 0 radical (unpaired) electrons. The molecular weight excluding hydrogens is 272 g/mol. The molecule has 1 atom stereocenters. The molecule has 3 heteroatoms. The van der Waals surface area contributed by atoms with Gasteiger partial charge in [-0.15, -0.1) is 0 Å². The van der Waals surface area contributed by atoms with E-state index in [2.05, 4.69) is 6.92 Å². The Kier molecular flexibility index (Phi) is 5.45. The highest BCUT2D eigenvalue weighted by molar-refractivity contribution is 6.30. The summed E-state index contributed by atoms with van der Waals surface area (Å²) in [6.45, 7) is 2.63. The second-order valence-corrected chi connectivity index (χ2v) is 5.01. The van der Waals surface area contributed by atoms with Gasteiger partial charge in [0.2, 0.25) is 0 Å². The van der Waals surface area contributed by atoms with Crippen LogP contribution in [-0.2, 0) is 11.3 Å². The van der Waals surface area contributed by atoms with Crippen LogP contribution in [0.25, 0.3) is 0 Å². The lowest BCUT2D eigenvalue weighted by atomic mass is 10.1. The van der Waals surface area contributed by atoms with Gasteiger partial charge in [-0.1, -0.05) is 48.9 Å². The van der Waals surface area contributed by atoms with E-state index < -0.39 is 0 Å². The van der Waals surface area contributed by atoms with Crippen molar-refractivity contribution in [2.45, 2.75) is 26.1 Å². The van der Waals surface area contributed by atoms with Gasteiger partial charge in [0.05, 0.1) is 19.8 Å². The number of halogens is 1. The van der Waals surface area contributed by atoms with Gasteiger partial charge in [0.25, 0.3) is 0 Å². The molecule has 0 aliphatic heterocycles. The van der Waals surface area contributed by atoms with Crippen molar-refractivity contribution in [2.75, 3.05) is 7.11 Å². The summed E-state index contributed by atoms with van der Waals surface area (Å²) in [6, 6.07) is 15.7. The van der Waals surface area contributed by atoms with Gasteiger partial charge in [-0.25, -0.2) is 0 Å². The smallest absolute Gasteiger partial charge is 0.124 e. The number of para-hydroxylation sites is 1. The number of rotatable bonds is 6. The average molecular weight is 291 g/mol. The number of ether oxygens (including phenoxy) is 2. The quantitative estimate of drug-likeness (QED) is 0.744. The summed E-state index contributed by atoms with van der Waals surface area (Å²) >= 11 is 6.04. The van der Waals surface area contributed by atoms with Gasteiger partial charge in [0, 0.05) is 10.6 Å². The van der Waals surface area contributed by atoms with Crippen LogP contribution in [0.5, 0.6) is 5.75 Å². The largest absolute Gasteiger partial charge is 0.496 e. The van der Waals surface area contributed by atoms with Crippen molar-refractivity contribution in [2.24, 2.45) is 0 Å². The van der Waals surface area contributed by atoms with E-state index in [1.54, 1.807) is 7.11 Å². The fourth-order valence-electron chi connectivity index (χ4n) is 2.17. The maximum absolute atomic E-state index is 6.04. The molecule has 0 aromatic heterocycles. The lowest BCUT2D eigenvalue weighted by Crippen LogP contribution is -2.04. The molecule has 106 valence electrons. The molecule has 0 aliphatic rings. The van der Waals surface area contributed by atoms with Gasteiger partial charge in [-0.2, -0.15) is 0 Å². The van der Waals surface area contributed by atoms with E-state index in [1.807, 2.05) is 48.5 Å². The predicted molar refractivity (Wildman–Crippen MR) is 82.3 cm³/mol. The number of hydrogen-bond acceptors (Lipinski definition) is 2. The van der Waals surface area contributed by atoms with E-state index in [0.717, 1.165) is 28.3 Å². The zero-order valence-electron chi connectivity index (χ0n) is 11.8. The molecular formula is C17H19ClO2. The highest BCUT2D eigenvalue weighted by Crippen LogP contribution is 2.26. The molecule has 20 heavy (non-hydrogen) atoms. The first kappa shape index (κ1) is 14.9. The molecule has 0 N–H and O–H groups in total. The fourth-order valence-corrected chi connectivity index (χ4v) is 2.37. The van der Waals surface area contributed by atoms with E-state index >= 15 is 0 Å². The zero-order valence-corrected chi connectivity index (χ0v) is 12.6. The van der Waals surface area contributed by atoms with Crippen LogP contribution in [0.1, 0.15) is 30.6 Å². The topological polar surface area (TPSA) is 18.5 Å².